The highest BCUT2D eigenvalue weighted by atomic mass is 79.9. The average Bonchev–Trinajstić information content (AvgIpc) is 2.63. The van der Waals surface area contributed by atoms with E-state index < -0.39 is 4.92 Å². The van der Waals surface area contributed by atoms with Crippen LogP contribution in [0.25, 0.3) is 17.0 Å². The first-order valence-electron chi connectivity index (χ1n) is 6.47. The topological polar surface area (TPSA) is 48.1 Å². The number of nitrogens with zero attached hydrogens (tertiary/aromatic N) is 2. The van der Waals surface area contributed by atoms with Gasteiger partial charge in [0.15, 0.2) is 0 Å². The van der Waals surface area contributed by atoms with Gasteiger partial charge in [0, 0.05) is 35.3 Å². The zero-order chi connectivity index (χ0) is 15.8. The van der Waals surface area contributed by atoms with E-state index in [0.717, 1.165) is 18.3 Å². The predicted octanol–water partition coefficient (Wildman–Crippen LogP) is 4.84. The van der Waals surface area contributed by atoms with Crippen LogP contribution in [0, 0.1) is 21.3 Å². The molecule has 0 saturated carbocycles. The summed E-state index contributed by atoms with van der Waals surface area (Å²) in [7, 11) is 0. The van der Waals surface area contributed by atoms with Crippen molar-refractivity contribution in [2.75, 3.05) is 0 Å². The first-order chi connectivity index (χ1) is 9.67. The van der Waals surface area contributed by atoms with Gasteiger partial charge in [-0.25, -0.2) is 4.39 Å². The Hall–Kier alpha value is -1.69. The van der Waals surface area contributed by atoms with E-state index in [1.807, 2.05) is 10.8 Å². The van der Waals surface area contributed by atoms with Crippen LogP contribution in [-0.4, -0.2) is 9.49 Å². The van der Waals surface area contributed by atoms with Crippen molar-refractivity contribution in [3.8, 4) is 0 Å². The van der Waals surface area contributed by atoms with Gasteiger partial charge in [-0.1, -0.05) is 20.8 Å². The number of hydrogen-bond donors (Lipinski definition) is 0. The smallest absolute Gasteiger partial charge is 0.235 e. The van der Waals surface area contributed by atoms with Crippen LogP contribution >= 0.6 is 15.9 Å². The molecule has 112 valence electrons. The molecule has 0 radical (unpaired) electrons. The highest BCUT2D eigenvalue weighted by molar-refractivity contribution is 9.10. The van der Waals surface area contributed by atoms with Crippen LogP contribution in [0.4, 0.5) is 4.39 Å². The maximum atomic E-state index is 13.8. The summed E-state index contributed by atoms with van der Waals surface area (Å²) in [5.41, 5.74) is 1.52. The van der Waals surface area contributed by atoms with Gasteiger partial charge in [-0.05, 0) is 33.5 Å². The molecule has 0 spiro atoms. The van der Waals surface area contributed by atoms with Crippen LogP contribution in [0.1, 0.15) is 26.3 Å². The summed E-state index contributed by atoms with van der Waals surface area (Å²) in [4.78, 5) is 9.97. The van der Waals surface area contributed by atoms with Gasteiger partial charge in [-0.2, -0.15) is 0 Å². The van der Waals surface area contributed by atoms with E-state index in [1.54, 1.807) is 6.07 Å². The minimum Gasteiger partial charge on any atom is -0.346 e. The summed E-state index contributed by atoms with van der Waals surface area (Å²) in [6.45, 7) is 7.03. The van der Waals surface area contributed by atoms with Crippen molar-refractivity contribution in [1.29, 1.82) is 0 Å². The summed E-state index contributed by atoms with van der Waals surface area (Å²) >= 11 is 3.19. The molecule has 0 N–H and O–H groups in total. The van der Waals surface area contributed by atoms with E-state index in [0.29, 0.717) is 15.4 Å². The van der Waals surface area contributed by atoms with Crippen molar-refractivity contribution >= 4 is 32.9 Å². The number of nitro groups is 1. The Kier molecular flexibility index (Phi) is 4.18. The molecular formula is C15H16BrFN2O2. The van der Waals surface area contributed by atoms with E-state index >= 15 is 0 Å². The van der Waals surface area contributed by atoms with E-state index in [2.05, 4.69) is 36.7 Å². The van der Waals surface area contributed by atoms with Crippen molar-refractivity contribution in [3.63, 3.8) is 0 Å². The van der Waals surface area contributed by atoms with Crippen LogP contribution in [0.3, 0.4) is 0 Å². The molecule has 0 aliphatic carbocycles. The van der Waals surface area contributed by atoms with Gasteiger partial charge >= 0.3 is 0 Å². The van der Waals surface area contributed by atoms with E-state index in [9.17, 15) is 14.5 Å². The third-order valence-electron chi connectivity index (χ3n) is 2.97. The second-order valence-electron chi connectivity index (χ2n) is 6.16. The second-order valence-corrected chi connectivity index (χ2v) is 7.01. The fourth-order valence-electron chi connectivity index (χ4n) is 2.23. The lowest BCUT2D eigenvalue weighted by Crippen LogP contribution is -2.14. The Morgan fingerprint density at radius 3 is 2.67 bits per heavy atom. The number of hydrogen-bond acceptors (Lipinski definition) is 2. The van der Waals surface area contributed by atoms with E-state index in [1.165, 1.54) is 12.1 Å². The molecule has 1 heterocycles. The van der Waals surface area contributed by atoms with Crippen molar-refractivity contribution in [3.05, 3.63) is 50.5 Å². The van der Waals surface area contributed by atoms with Crippen molar-refractivity contribution in [1.82, 2.24) is 4.57 Å². The Labute approximate surface area is 130 Å². The number of rotatable bonds is 3. The van der Waals surface area contributed by atoms with E-state index in [-0.39, 0.29) is 11.2 Å². The summed E-state index contributed by atoms with van der Waals surface area (Å²) in [6, 6.07) is 3.11. The molecule has 0 aliphatic heterocycles. The zero-order valence-corrected chi connectivity index (χ0v) is 13.6. The standard InChI is InChI=1S/C15H16BrFN2O2/c1-15(2,3)9-18-8-10(4-5-19(20)21)11-6-13(17)12(16)7-14(11)18/h4-8H,9H2,1-3H3/b5-4+. The van der Waals surface area contributed by atoms with Crippen LogP contribution in [-0.2, 0) is 6.54 Å². The zero-order valence-electron chi connectivity index (χ0n) is 12.1. The van der Waals surface area contributed by atoms with Gasteiger partial charge in [0.05, 0.1) is 9.40 Å². The number of fused-ring (bicyclic) bond motifs is 1. The Bertz CT molecular complexity index is 729. The molecule has 0 unspecified atom stereocenters. The Balaban J connectivity index is 2.64. The minimum absolute atomic E-state index is 0.0386. The highest BCUT2D eigenvalue weighted by Gasteiger charge is 2.16. The van der Waals surface area contributed by atoms with Crippen molar-refractivity contribution < 1.29 is 9.31 Å². The molecule has 1 aromatic heterocycles. The van der Waals surface area contributed by atoms with Crippen molar-refractivity contribution in [2.24, 2.45) is 5.41 Å². The fraction of sp³-hybridized carbons (Fsp3) is 0.333. The monoisotopic (exact) mass is 354 g/mol. The highest BCUT2D eigenvalue weighted by Crippen LogP contribution is 2.30. The molecule has 0 aliphatic rings. The molecule has 21 heavy (non-hydrogen) atoms. The third-order valence-corrected chi connectivity index (χ3v) is 3.58. The van der Waals surface area contributed by atoms with Gasteiger partial charge in [-0.3, -0.25) is 10.1 Å². The lowest BCUT2D eigenvalue weighted by molar-refractivity contribution is -0.400. The normalized spacial score (nSPS) is 12.4. The molecule has 2 rings (SSSR count). The third kappa shape index (κ3) is 3.69. The van der Waals surface area contributed by atoms with Crippen LogP contribution in [0.15, 0.2) is 29.0 Å². The molecule has 1 aromatic carbocycles. The first kappa shape index (κ1) is 15.7. The van der Waals surface area contributed by atoms with Gasteiger partial charge in [0.1, 0.15) is 5.82 Å². The Morgan fingerprint density at radius 2 is 2.10 bits per heavy atom. The van der Waals surface area contributed by atoms with Crippen LogP contribution in [0.5, 0.6) is 0 Å². The molecule has 0 atom stereocenters. The molecule has 0 fully saturated rings. The molecule has 0 bridgehead atoms. The average molecular weight is 355 g/mol. The lowest BCUT2D eigenvalue weighted by Gasteiger charge is -2.19. The summed E-state index contributed by atoms with van der Waals surface area (Å²) in [6.07, 6.45) is 4.09. The number of benzene rings is 1. The largest absolute Gasteiger partial charge is 0.346 e. The molecular weight excluding hydrogens is 339 g/mol. The van der Waals surface area contributed by atoms with Gasteiger partial charge < -0.3 is 4.57 Å². The second kappa shape index (κ2) is 5.60. The fourth-order valence-corrected chi connectivity index (χ4v) is 2.56. The molecule has 2 aromatic rings. The van der Waals surface area contributed by atoms with Crippen LogP contribution < -0.4 is 0 Å². The lowest BCUT2D eigenvalue weighted by atomic mass is 9.97. The molecule has 6 heteroatoms. The number of aromatic nitrogens is 1. The molecule has 0 amide bonds. The van der Waals surface area contributed by atoms with Gasteiger partial charge in [0.2, 0.25) is 6.20 Å². The maximum absolute atomic E-state index is 13.8. The Morgan fingerprint density at radius 1 is 1.43 bits per heavy atom. The molecule has 4 nitrogen and oxygen atoms in total. The summed E-state index contributed by atoms with van der Waals surface area (Å²) in [5, 5.41) is 11.2. The van der Waals surface area contributed by atoms with Crippen molar-refractivity contribution in [2.45, 2.75) is 27.3 Å². The van der Waals surface area contributed by atoms with Gasteiger partial charge in [-0.15, -0.1) is 0 Å². The first-order valence-corrected chi connectivity index (χ1v) is 7.26. The maximum Gasteiger partial charge on any atom is 0.235 e. The minimum atomic E-state index is -0.526. The van der Waals surface area contributed by atoms with Gasteiger partial charge in [0.25, 0.3) is 0 Å². The van der Waals surface area contributed by atoms with E-state index in [4.69, 9.17) is 0 Å². The molecule has 0 saturated heterocycles. The quantitative estimate of drug-likeness (QED) is 0.585. The number of halogens is 2. The SMILES string of the molecule is CC(C)(C)Cn1cc(/C=C/[N+](=O)[O-])c2cc(F)c(Br)cc21. The summed E-state index contributed by atoms with van der Waals surface area (Å²) < 4.78 is 16.1. The summed E-state index contributed by atoms with van der Waals surface area (Å²) in [5.74, 6) is -0.383. The predicted molar refractivity (Wildman–Crippen MR) is 85.1 cm³/mol. The van der Waals surface area contributed by atoms with Crippen LogP contribution in [0.2, 0.25) is 0 Å².